The summed E-state index contributed by atoms with van der Waals surface area (Å²) in [5, 5.41) is 9.04. The highest BCUT2D eigenvalue weighted by molar-refractivity contribution is 6.05. The molecule has 1 aliphatic heterocycles. The van der Waals surface area contributed by atoms with Gasteiger partial charge in [-0.3, -0.25) is 4.79 Å². The molecule has 1 N–H and O–H groups in total. The first kappa shape index (κ1) is 24.1. The Morgan fingerprint density at radius 3 is 2.42 bits per heavy atom. The van der Waals surface area contributed by atoms with E-state index < -0.39 is 5.54 Å². The minimum atomic E-state index is -0.398. The molecule has 3 amide bonds. The number of nitrogens with zero attached hydrogens (tertiary/aromatic N) is 3. The van der Waals surface area contributed by atoms with Crippen LogP contribution in [0.3, 0.4) is 0 Å². The maximum atomic E-state index is 13.3. The summed E-state index contributed by atoms with van der Waals surface area (Å²) in [4.78, 5) is 27.1. The van der Waals surface area contributed by atoms with E-state index in [0.29, 0.717) is 17.9 Å². The molecular formula is C25H32N4O4. The van der Waals surface area contributed by atoms with Crippen molar-refractivity contribution in [1.82, 2.24) is 15.2 Å². The highest BCUT2D eigenvalue weighted by Crippen LogP contribution is 2.36. The van der Waals surface area contributed by atoms with Gasteiger partial charge in [0.1, 0.15) is 18.0 Å². The number of carbonyl (C=O) groups excluding carboxylic acids is 2. The van der Waals surface area contributed by atoms with Crippen LogP contribution in [0.4, 0.5) is 4.79 Å². The third-order valence-corrected chi connectivity index (χ3v) is 5.27. The molecule has 1 aliphatic rings. The molecule has 0 saturated carbocycles. The second-order valence-electron chi connectivity index (χ2n) is 9.02. The summed E-state index contributed by atoms with van der Waals surface area (Å²) >= 11 is 0. The molecule has 0 spiro atoms. The molecule has 0 fully saturated rings. The van der Waals surface area contributed by atoms with Crippen molar-refractivity contribution in [3.8, 4) is 11.5 Å². The van der Waals surface area contributed by atoms with Gasteiger partial charge in [0.2, 0.25) is 0 Å². The molecule has 0 aliphatic carbocycles. The van der Waals surface area contributed by atoms with E-state index in [1.165, 1.54) is 9.91 Å². The zero-order valence-electron chi connectivity index (χ0n) is 20.1. The largest absolute Gasteiger partial charge is 0.497 e. The summed E-state index contributed by atoms with van der Waals surface area (Å²) < 4.78 is 10.9. The van der Waals surface area contributed by atoms with Crippen molar-refractivity contribution >= 4 is 17.6 Å². The number of likely N-dealkylation sites (N-methyl/N-ethyl adjacent to an activating group) is 1. The lowest BCUT2D eigenvalue weighted by atomic mass is 9.98. The molecule has 1 heterocycles. The molecule has 8 heteroatoms. The molecule has 8 nitrogen and oxygen atoms in total. The van der Waals surface area contributed by atoms with Gasteiger partial charge in [0.15, 0.2) is 0 Å². The first-order valence-electron chi connectivity index (χ1n) is 10.8. The number of rotatable bonds is 6. The Morgan fingerprint density at radius 1 is 1.12 bits per heavy atom. The van der Waals surface area contributed by atoms with Crippen molar-refractivity contribution in [2.45, 2.75) is 38.8 Å². The van der Waals surface area contributed by atoms with Gasteiger partial charge in [0.05, 0.1) is 26.0 Å². The Labute approximate surface area is 195 Å². The van der Waals surface area contributed by atoms with E-state index in [4.69, 9.17) is 9.47 Å². The van der Waals surface area contributed by atoms with Crippen LogP contribution in [0.25, 0.3) is 0 Å². The quantitative estimate of drug-likeness (QED) is 0.722. The summed E-state index contributed by atoms with van der Waals surface area (Å²) in [5.41, 5.74) is 2.11. The summed E-state index contributed by atoms with van der Waals surface area (Å²) in [5.74, 6) is 1.03. The molecule has 3 rings (SSSR count). The van der Waals surface area contributed by atoms with E-state index in [1.54, 1.807) is 27.3 Å². The van der Waals surface area contributed by atoms with Gasteiger partial charge in [0.25, 0.3) is 5.91 Å². The molecule has 2 aromatic carbocycles. The van der Waals surface area contributed by atoms with Crippen LogP contribution in [0.5, 0.6) is 11.5 Å². The summed E-state index contributed by atoms with van der Waals surface area (Å²) in [6.07, 6.45) is 0.524. The average Bonchev–Trinajstić information content (AvgIpc) is 3.23. The van der Waals surface area contributed by atoms with E-state index in [2.05, 4.69) is 10.4 Å². The fourth-order valence-corrected chi connectivity index (χ4v) is 3.64. The normalized spacial score (nSPS) is 15.6. The molecule has 33 heavy (non-hydrogen) atoms. The average molecular weight is 453 g/mol. The SMILES string of the molecule is COc1ccc(C2=NN(C(=O)CN(C)C(=O)NC(C)(C)C)[C@@H](c3ccccc3)C2)c(OC)c1. The second-order valence-corrected chi connectivity index (χ2v) is 9.02. The number of hydrogen-bond donors (Lipinski definition) is 1. The molecule has 0 unspecified atom stereocenters. The number of amides is 3. The number of hydrogen-bond acceptors (Lipinski definition) is 5. The molecule has 176 valence electrons. The number of hydrazone groups is 1. The Hall–Kier alpha value is -3.55. The zero-order valence-corrected chi connectivity index (χ0v) is 20.1. The van der Waals surface area contributed by atoms with Gasteiger partial charge in [-0.25, -0.2) is 9.80 Å². The predicted octanol–water partition coefficient (Wildman–Crippen LogP) is 3.82. The van der Waals surface area contributed by atoms with E-state index in [9.17, 15) is 9.59 Å². The summed E-state index contributed by atoms with van der Waals surface area (Å²) in [6.45, 7) is 5.59. The van der Waals surface area contributed by atoms with Crippen molar-refractivity contribution in [3.05, 3.63) is 59.7 Å². The molecule has 0 saturated heterocycles. The first-order chi connectivity index (χ1) is 15.6. The van der Waals surface area contributed by atoms with Gasteiger partial charge in [-0.15, -0.1) is 0 Å². The first-order valence-corrected chi connectivity index (χ1v) is 10.8. The van der Waals surface area contributed by atoms with Crippen LogP contribution in [0.2, 0.25) is 0 Å². The van der Waals surface area contributed by atoms with E-state index in [0.717, 1.165) is 16.8 Å². The van der Waals surface area contributed by atoms with Gasteiger partial charge in [-0.1, -0.05) is 30.3 Å². The number of urea groups is 1. The number of ether oxygens (including phenoxy) is 2. The van der Waals surface area contributed by atoms with Gasteiger partial charge in [-0.05, 0) is 38.5 Å². The van der Waals surface area contributed by atoms with Crippen LogP contribution in [0.1, 0.15) is 44.4 Å². The van der Waals surface area contributed by atoms with Crippen molar-refractivity contribution in [1.29, 1.82) is 0 Å². The molecule has 0 aromatic heterocycles. The van der Waals surface area contributed by atoms with Crippen LogP contribution in [0, 0.1) is 0 Å². The minimum absolute atomic E-state index is 0.0955. The minimum Gasteiger partial charge on any atom is -0.497 e. The lowest BCUT2D eigenvalue weighted by molar-refractivity contribution is -0.133. The lowest BCUT2D eigenvalue weighted by Gasteiger charge is -2.27. The molecule has 0 bridgehead atoms. The topological polar surface area (TPSA) is 83.5 Å². The van der Waals surface area contributed by atoms with Crippen molar-refractivity contribution < 1.29 is 19.1 Å². The Bertz CT molecular complexity index is 1030. The fourth-order valence-electron chi connectivity index (χ4n) is 3.64. The van der Waals surface area contributed by atoms with Gasteiger partial charge in [0, 0.05) is 30.6 Å². The van der Waals surface area contributed by atoms with E-state index >= 15 is 0 Å². The Morgan fingerprint density at radius 2 is 1.82 bits per heavy atom. The number of methoxy groups -OCH3 is 2. The fraction of sp³-hybridized carbons (Fsp3) is 0.400. The standard InChI is InChI=1S/C25H32N4O4/c1-25(2,3)26-24(31)28(4)16-23(30)29-21(17-10-8-7-9-11-17)15-20(27-29)19-13-12-18(32-5)14-22(19)33-6/h7-14,21H,15-16H2,1-6H3,(H,26,31)/t21-/m1/s1. The van der Waals surface area contributed by atoms with Gasteiger partial charge < -0.3 is 19.7 Å². The van der Waals surface area contributed by atoms with Gasteiger partial charge >= 0.3 is 6.03 Å². The van der Waals surface area contributed by atoms with Crippen LogP contribution >= 0.6 is 0 Å². The third-order valence-electron chi connectivity index (χ3n) is 5.27. The van der Waals surface area contributed by atoms with Crippen LogP contribution in [0.15, 0.2) is 53.6 Å². The predicted molar refractivity (Wildman–Crippen MR) is 128 cm³/mol. The summed E-state index contributed by atoms with van der Waals surface area (Å²) in [7, 11) is 4.79. The maximum absolute atomic E-state index is 13.3. The van der Waals surface area contributed by atoms with Gasteiger partial charge in [-0.2, -0.15) is 5.10 Å². The van der Waals surface area contributed by atoms with Crippen LogP contribution in [-0.4, -0.2) is 60.9 Å². The monoisotopic (exact) mass is 452 g/mol. The third kappa shape index (κ3) is 5.83. The number of benzene rings is 2. The summed E-state index contributed by atoms with van der Waals surface area (Å²) in [6, 6.07) is 14.7. The maximum Gasteiger partial charge on any atom is 0.318 e. The lowest BCUT2D eigenvalue weighted by Crippen LogP contribution is -2.49. The van der Waals surface area contributed by atoms with Crippen molar-refractivity contribution in [3.63, 3.8) is 0 Å². The van der Waals surface area contributed by atoms with Crippen LogP contribution < -0.4 is 14.8 Å². The molecule has 0 radical (unpaired) electrons. The van der Waals surface area contributed by atoms with Crippen LogP contribution in [-0.2, 0) is 4.79 Å². The number of carbonyl (C=O) groups is 2. The van der Waals surface area contributed by atoms with E-state index in [1.807, 2.05) is 63.2 Å². The smallest absolute Gasteiger partial charge is 0.318 e. The highest BCUT2D eigenvalue weighted by Gasteiger charge is 2.35. The second kappa shape index (κ2) is 9.94. The molecular weight excluding hydrogens is 420 g/mol. The Kier molecular flexibility index (Phi) is 7.26. The number of nitrogens with one attached hydrogen (secondary N) is 1. The molecule has 1 atom stereocenters. The van der Waals surface area contributed by atoms with E-state index in [-0.39, 0.29) is 24.5 Å². The molecule has 2 aromatic rings. The van der Waals surface area contributed by atoms with Crippen molar-refractivity contribution in [2.75, 3.05) is 27.8 Å². The van der Waals surface area contributed by atoms with Crippen molar-refractivity contribution in [2.24, 2.45) is 5.10 Å². The highest BCUT2D eigenvalue weighted by atomic mass is 16.5. The Balaban J connectivity index is 1.90. The zero-order chi connectivity index (χ0) is 24.2.